The second-order valence-electron chi connectivity index (χ2n) is 4.17. The molecule has 0 saturated heterocycles. The predicted octanol–water partition coefficient (Wildman–Crippen LogP) is 5.11. The highest BCUT2D eigenvalue weighted by molar-refractivity contribution is 9.10. The van der Waals surface area contributed by atoms with Crippen LogP contribution in [0.5, 0.6) is 5.75 Å². The minimum Gasteiger partial charge on any atom is -0.494 e. The summed E-state index contributed by atoms with van der Waals surface area (Å²) in [6.45, 7) is 5.16. The normalized spacial score (nSPS) is 10.4. The van der Waals surface area contributed by atoms with Crippen LogP contribution >= 0.6 is 15.9 Å². The molecule has 0 fully saturated rings. The van der Waals surface area contributed by atoms with Crippen molar-refractivity contribution in [2.24, 2.45) is 0 Å². The average molecular weight is 285 g/mol. The summed E-state index contributed by atoms with van der Waals surface area (Å²) >= 11 is 3.48. The third kappa shape index (κ3) is 5.02. The minimum atomic E-state index is 0.838. The molecule has 2 heteroatoms. The Morgan fingerprint density at radius 3 is 2.56 bits per heavy atom. The molecule has 1 aromatic carbocycles. The number of hydrogen-bond acceptors (Lipinski definition) is 1. The van der Waals surface area contributed by atoms with Crippen LogP contribution in [0.25, 0.3) is 0 Å². The fraction of sp³-hybridized carbons (Fsp3) is 0.571. The second kappa shape index (κ2) is 7.72. The summed E-state index contributed by atoms with van der Waals surface area (Å²) in [5.41, 5.74) is 1.23. The molecule has 1 nitrogen and oxygen atoms in total. The summed E-state index contributed by atoms with van der Waals surface area (Å²) in [5, 5.41) is 0. The summed E-state index contributed by atoms with van der Waals surface area (Å²) in [6, 6.07) is 6.14. The zero-order chi connectivity index (χ0) is 11.8. The molecule has 1 aromatic rings. The molecule has 0 bridgehead atoms. The summed E-state index contributed by atoms with van der Waals surface area (Å²) < 4.78 is 6.84. The zero-order valence-corrected chi connectivity index (χ0v) is 11.8. The fourth-order valence-electron chi connectivity index (χ4n) is 1.60. The maximum Gasteiger partial charge on any atom is 0.119 e. The standard InChI is InChI=1S/C14H21BrO/c1-3-4-5-6-7-10-16-13-8-9-14(15)12(2)11-13/h8-9,11H,3-7,10H2,1-2H3. The molecule has 0 unspecified atom stereocenters. The highest BCUT2D eigenvalue weighted by Crippen LogP contribution is 2.21. The van der Waals surface area contributed by atoms with E-state index in [1.165, 1.54) is 31.2 Å². The van der Waals surface area contributed by atoms with Crippen molar-refractivity contribution < 1.29 is 4.74 Å². The molecule has 0 aliphatic carbocycles. The van der Waals surface area contributed by atoms with Crippen LogP contribution < -0.4 is 4.74 Å². The van der Waals surface area contributed by atoms with Gasteiger partial charge in [0.05, 0.1) is 6.61 Å². The molecule has 0 aromatic heterocycles. The van der Waals surface area contributed by atoms with Crippen molar-refractivity contribution >= 4 is 15.9 Å². The molecular formula is C14H21BrO. The van der Waals surface area contributed by atoms with Gasteiger partial charge >= 0.3 is 0 Å². The van der Waals surface area contributed by atoms with Gasteiger partial charge in [0.1, 0.15) is 5.75 Å². The van der Waals surface area contributed by atoms with E-state index < -0.39 is 0 Å². The van der Waals surface area contributed by atoms with Gasteiger partial charge in [0.2, 0.25) is 0 Å². The van der Waals surface area contributed by atoms with Crippen molar-refractivity contribution in [3.8, 4) is 5.75 Å². The number of halogens is 1. The first-order chi connectivity index (χ1) is 7.74. The van der Waals surface area contributed by atoms with E-state index in [1.54, 1.807) is 0 Å². The number of rotatable bonds is 7. The lowest BCUT2D eigenvalue weighted by Crippen LogP contribution is -1.97. The highest BCUT2D eigenvalue weighted by atomic mass is 79.9. The fourth-order valence-corrected chi connectivity index (χ4v) is 1.85. The smallest absolute Gasteiger partial charge is 0.119 e. The predicted molar refractivity (Wildman–Crippen MR) is 73.1 cm³/mol. The third-order valence-electron chi connectivity index (χ3n) is 2.65. The van der Waals surface area contributed by atoms with E-state index in [0.29, 0.717) is 0 Å². The van der Waals surface area contributed by atoms with Crippen molar-refractivity contribution in [1.29, 1.82) is 0 Å². The Balaban J connectivity index is 2.19. The number of hydrogen-bond donors (Lipinski definition) is 0. The molecule has 0 N–H and O–H groups in total. The maximum absolute atomic E-state index is 5.70. The van der Waals surface area contributed by atoms with Crippen molar-refractivity contribution in [1.82, 2.24) is 0 Å². The molecule has 0 saturated carbocycles. The first-order valence-electron chi connectivity index (χ1n) is 6.13. The van der Waals surface area contributed by atoms with Crippen LogP contribution in [0.1, 0.15) is 44.6 Å². The molecule has 0 aliphatic rings. The van der Waals surface area contributed by atoms with Crippen LogP contribution in [-0.2, 0) is 0 Å². The van der Waals surface area contributed by atoms with E-state index in [-0.39, 0.29) is 0 Å². The number of benzene rings is 1. The molecule has 90 valence electrons. The molecule has 1 rings (SSSR count). The Morgan fingerprint density at radius 1 is 1.12 bits per heavy atom. The largest absolute Gasteiger partial charge is 0.494 e. The van der Waals surface area contributed by atoms with Crippen LogP contribution in [0.4, 0.5) is 0 Å². The van der Waals surface area contributed by atoms with Crippen molar-refractivity contribution in [3.05, 3.63) is 28.2 Å². The summed E-state index contributed by atoms with van der Waals surface area (Å²) in [7, 11) is 0. The highest BCUT2D eigenvalue weighted by Gasteiger charge is 1.98. The SMILES string of the molecule is CCCCCCCOc1ccc(Br)c(C)c1. The van der Waals surface area contributed by atoms with Crippen LogP contribution in [0.2, 0.25) is 0 Å². The van der Waals surface area contributed by atoms with E-state index in [9.17, 15) is 0 Å². The molecule has 0 radical (unpaired) electrons. The van der Waals surface area contributed by atoms with Gasteiger partial charge in [-0.05, 0) is 37.1 Å². The van der Waals surface area contributed by atoms with E-state index >= 15 is 0 Å². The van der Waals surface area contributed by atoms with Crippen LogP contribution in [0.15, 0.2) is 22.7 Å². The number of unbranched alkanes of at least 4 members (excludes halogenated alkanes) is 4. The Kier molecular flexibility index (Phi) is 6.55. The van der Waals surface area contributed by atoms with Gasteiger partial charge in [-0.25, -0.2) is 0 Å². The summed E-state index contributed by atoms with van der Waals surface area (Å²) in [4.78, 5) is 0. The lowest BCUT2D eigenvalue weighted by atomic mass is 10.2. The molecule has 0 atom stereocenters. The van der Waals surface area contributed by atoms with Crippen molar-refractivity contribution in [3.63, 3.8) is 0 Å². The van der Waals surface area contributed by atoms with Gasteiger partial charge in [-0.1, -0.05) is 48.5 Å². The maximum atomic E-state index is 5.70. The monoisotopic (exact) mass is 284 g/mol. The first-order valence-corrected chi connectivity index (χ1v) is 6.92. The van der Waals surface area contributed by atoms with E-state index in [2.05, 4.69) is 35.8 Å². The Bertz CT molecular complexity index is 310. The zero-order valence-electron chi connectivity index (χ0n) is 10.3. The van der Waals surface area contributed by atoms with Gasteiger partial charge in [-0.15, -0.1) is 0 Å². The quantitative estimate of drug-likeness (QED) is 0.633. The first kappa shape index (κ1) is 13.6. The molecular weight excluding hydrogens is 264 g/mol. The minimum absolute atomic E-state index is 0.838. The van der Waals surface area contributed by atoms with Gasteiger partial charge < -0.3 is 4.74 Å². The third-order valence-corrected chi connectivity index (χ3v) is 3.54. The van der Waals surface area contributed by atoms with Gasteiger partial charge in [0.15, 0.2) is 0 Å². The molecule has 0 aliphatic heterocycles. The molecule has 0 amide bonds. The van der Waals surface area contributed by atoms with Gasteiger partial charge in [-0.3, -0.25) is 0 Å². The van der Waals surface area contributed by atoms with Gasteiger partial charge in [0.25, 0.3) is 0 Å². The number of ether oxygens (including phenoxy) is 1. The van der Waals surface area contributed by atoms with E-state index in [4.69, 9.17) is 4.74 Å². The molecule has 16 heavy (non-hydrogen) atoms. The van der Waals surface area contributed by atoms with Crippen molar-refractivity contribution in [2.75, 3.05) is 6.61 Å². The average Bonchev–Trinajstić information content (AvgIpc) is 2.28. The Morgan fingerprint density at radius 2 is 1.88 bits per heavy atom. The summed E-state index contributed by atoms with van der Waals surface area (Å²) in [6.07, 6.45) is 6.42. The van der Waals surface area contributed by atoms with Crippen LogP contribution in [0, 0.1) is 6.92 Å². The Labute approximate surface area is 107 Å². The lowest BCUT2D eigenvalue weighted by molar-refractivity contribution is 0.304. The second-order valence-corrected chi connectivity index (χ2v) is 5.03. The lowest BCUT2D eigenvalue weighted by Gasteiger charge is -2.07. The molecule has 0 heterocycles. The topological polar surface area (TPSA) is 9.23 Å². The van der Waals surface area contributed by atoms with Crippen LogP contribution in [-0.4, -0.2) is 6.61 Å². The van der Waals surface area contributed by atoms with E-state index in [1.807, 2.05) is 12.1 Å². The Hall–Kier alpha value is -0.500. The van der Waals surface area contributed by atoms with E-state index in [0.717, 1.165) is 23.2 Å². The summed E-state index contributed by atoms with van der Waals surface area (Å²) in [5.74, 6) is 0.983. The van der Waals surface area contributed by atoms with Crippen LogP contribution in [0.3, 0.4) is 0 Å². The van der Waals surface area contributed by atoms with Gasteiger partial charge in [-0.2, -0.15) is 0 Å². The van der Waals surface area contributed by atoms with Crippen molar-refractivity contribution in [2.45, 2.75) is 46.0 Å². The number of aryl methyl sites for hydroxylation is 1. The molecule has 0 spiro atoms. The van der Waals surface area contributed by atoms with Gasteiger partial charge in [0, 0.05) is 4.47 Å².